The number of ether oxygens (including phenoxy) is 1. The number of carboxylic acids is 1. The molecule has 1 aromatic carbocycles. The average molecular weight is 313 g/mol. The molecule has 0 heterocycles. The Bertz CT molecular complexity index is 535. The third-order valence-electron chi connectivity index (χ3n) is 3.85. The smallest absolute Gasteiger partial charge is 0.306 e. The van der Waals surface area contributed by atoms with Crippen molar-refractivity contribution < 1.29 is 24.5 Å². The topological polar surface area (TPSA) is 83.8 Å². The number of aliphatic hydroxyl groups is 1. The van der Waals surface area contributed by atoms with Crippen LogP contribution in [0.15, 0.2) is 18.2 Å². The maximum Gasteiger partial charge on any atom is 0.306 e. The van der Waals surface area contributed by atoms with Crippen LogP contribution in [-0.4, -0.2) is 34.7 Å². The third-order valence-corrected chi connectivity index (χ3v) is 4.15. The Morgan fingerprint density at radius 3 is 2.62 bits per heavy atom. The summed E-state index contributed by atoms with van der Waals surface area (Å²) in [6, 6.07) is 4.66. The molecule has 0 unspecified atom stereocenters. The minimum atomic E-state index is -1.03. The van der Waals surface area contributed by atoms with Gasteiger partial charge in [0, 0.05) is 5.56 Å². The number of halogens is 1. The highest BCUT2D eigenvalue weighted by molar-refractivity contribution is 6.32. The second-order valence-corrected chi connectivity index (χ2v) is 5.84. The molecule has 1 aliphatic rings. The first-order valence-corrected chi connectivity index (χ1v) is 7.14. The van der Waals surface area contributed by atoms with Crippen LogP contribution in [0.5, 0.6) is 5.75 Å². The third kappa shape index (κ3) is 3.95. The molecule has 1 fully saturated rings. The van der Waals surface area contributed by atoms with Gasteiger partial charge in [-0.25, -0.2) is 0 Å². The molecule has 0 amide bonds. The summed E-state index contributed by atoms with van der Waals surface area (Å²) in [5, 5.41) is 19.7. The van der Waals surface area contributed by atoms with E-state index < -0.39 is 11.6 Å². The predicted octanol–water partition coefficient (Wildman–Crippen LogP) is 2.54. The SMILES string of the molecule is O=Cc1ccc(OCC2(O)CCC(C(=O)O)CC2)c(Cl)c1. The number of benzene rings is 1. The first-order valence-electron chi connectivity index (χ1n) is 6.76. The first kappa shape index (κ1) is 15.8. The minimum Gasteiger partial charge on any atom is -0.489 e. The van der Waals surface area contributed by atoms with Gasteiger partial charge in [0.25, 0.3) is 0 Å². The van der Waals surface area contributed by atoms with Gasteiger partial charge < -0.3 is 14.9 Å². The summed E-state index contributed by atoms with van der Waals surface area (Å²) in [4.78, 5) is 21.5. The van der Waals surface area contributed by atoms with Gasteiger partial charge in [0.1, 0.15) is 18.6 Å². The van der Waals surface area contributed by atoms with Crippen LogP contribution in [0.1, 0.15) is 36.0 Å². The fourth-order valence-electron chi connectivity index (χ4n) is 2.47. The number of aldehydes is 1. The lowest BCUT2D eigenvalue weighted by molar-refractivity contribution is -0.145. The largest absolute Gasteiger partial charge is 0.489 e. The average Bonchev–Trinajstić information content (AvgIpc) is 2.46. The Kier molecular flexibility index (Phi) is 4.85. The molecule has 0 spiro atoms. The van der Waals surface area contributed by atoms with Crippen LogP contribution in [0.3, 0.4) is 0 Å². The van der Waals surface area contributed by atoms with Crippen molar-refractivity contribution in [1.29, 1.82) is 0 Å². The normalized spacial score (nSPS) is 25.3. The summed E-state index contributed by atoms with van der Waals surface area (Å²) in [6.45, 7) is 0.0551. The molecule has 2 N–H and O–H groups in total. The Morgan fingerprint density at radius 1 is 1.43 bits per heavy atom. The molecule has 1 aromatic rings. The highest BCUT2D eigenvalue weighted by atomic mass is 35.5. The summed E-state index contributed by atoms with van der Waals surface area (Å²) in [7, 11) is 0. The van der Waals surface area contributed by atoms with E-state index in [4.69, 9.17) is 21.4 Å². The van der Waals surface area contributed by atoms with Gasteiger partial charge in [-0.2, -0.15) is 0 Å². The fourth-order valence-corrected chi connectivity index (χ4v) is 2.71. The minimum absolute atomic E-state index is 0.0551. The first-order chi connectivity index (χ1) is 9.93. The zero-order valence-electron chi connectivity index (χ0n) is 11.4. The monoisotopic (exact) mass is 312 g/mol. The van der Waals surface area contributed by atoms with Gasteiger partial charge in [0.05, 0.1) is 16.5 Å². The van der Waals surface area contributed by atoms with Crippen molar-refractivity contribution >= 4 is 23.9 Å². The molecule has 21 heavy (non-hydrogen) atoms. The molecule has 5 nitrogen and oxygen atoms in total. The van der Waals surface area contributed by atoms with E-state index >= 15 is 0 Å². The van der Waals surface area contributed by atoms with Crippen LogP contribution >= 0.6 is 11.6 Å². The van der Waals surface area contributed by atoms with Gasteiger partial charge in [-0.05, 0) is 43.9 Å². The maximum atomic E-state index is 10.9. The Balaban J connectivity index is 1.94. The van der Waals surface area contributed by atoms with Crippen LogP contribution < -0.4 is 4.74 Å². The zero-order chi connectivity index (χ0) is 15.5. The summed E-state index contributed by atoms with van der Waals surface area (Å²) in [5.74, 6) is -0.803. The molecule has 114 valence electrons. The van der Waals surface area contributed by atoms with E-state index in [2.05, 4.69) is 0 Å². The molecule has 1 aliphatic carbocycles. The number of carboxylic acid groups (broad SMARTS) is 1. The van der Waals surface area contributed by atoms with Gasteiger partial charge in [0.2, 0.25) is 0 Å². The lowest BCUT2D eigenvalue weighted by Gasteiger charge is -2.34. The molecule has 2 rings (SSSR count). The summed E-state index contributed by atoms with van der Waals surface area (Å²) in [6.07, 6.45) is 2.33. The van der Waals surface area contributed by atoms with Crippen LogP contribution in [0.4, 0.5) is 0 Å². The Labute approximate surface area is 127 Å². The quantitative estimate of drug-likeness (QED) is 0.816. The zero-order valence-corrected chi connectivity index (χ0v) is 12.2. The van der Waals surface area contributed by atoms with Crippen LogP contribution in [-0.2, 0) is 4.79 Å². The van der Waals surface area contributed by atoms with Crippen molar-refractivity contribution in [3.63, 3.8) is 0 Å². The van der Waals surface area contributed by atoms with Gasteiger partial charge >= 0.3 is 5.97 Å². The van der Waals surface area contributed by atoms with Gasteiger partial charge in [-0.3, -0.25) is 9.59 Å². The van der Waals surface area contributed by atoms with E-state index in [0.717, 1.165) is 0 Å². The van der Waals surface area contributed by atoms with E-state index in [1.165, 1.54) is 6.07 Å². The predicted molar refractivity (Wildman–Crippen MR) is 76.9 cm³/mol. The van der Waals surface area contributed by atoms with Crippen molar-refractivity contribution in [1.82, 2.24) is 0 Å². The van der Waals surface area contributed by atoms with Crippen LogP contribution in [0.2, 0.25) is 5.02 Å². The number of carbonyl (C=O) groups excluding carboxylic acids is 1. The van der Waals surface area contributed by atoms with Crippen LogP contribution in [0.25, 0.3) is 0 Å². The summed E-state index contributed by atoms with van der Waals surface area (Å²) >= 11 is 5.99. The van der Waals surface area contributed by atoms with Gasteiger partial charge in [-0.15, -0.1) is 0 Å². The number of carbonyl (C=O) groups is 2. The van der Waals surface area contributed by atoms with E-state index in [9.17, 15) is 14.7 Å². The fraction of sp³-hybridized carbons (Fsp3) is 0.467. The number of hydrogen-bond donors (Lipinski definition) is 2. The van der Waals surface area contributed by atoms with Gasteiger partial charge in [0.15, 0.2) is 0 Å². The van der Waals surface area contributed by atoms with E-state index in [0.29, 0.717) is 48.3 Å². The van der Waals surface area contributed by atoms with E-state index in [1.54, 1.807) is 12.1 Å². The molecule has 0 aliphatic heterocycles. The number of hydrogen-bond acceptors (Lipinski definition) is 4. The molecular formula is C15H17ClO5. The van der Waals surface area contributed by atoms with E-state index in [1.807, 2.05) is 0 Å². The van der Waals surface area contributed by atoms with Crippen molar-refractivity contribution in [2.24, 2.45) is 5.92 Å². The molecule has 0 radical (unpaired) electrons. The Morgan fingerprint density at radius 2 is 2.10 bits per heavy atom. The van der Waals surface area contributed by atoms with Crippen molar-refractivity contribution in [2.75, 3.05) is 6.61 Å². The Hall–Kier alpha value is -1.59. The molecule has 0 atom stereocenters. The molecule has 0 saturated heterocycles. The van der Waals surface area contributed by atoms with Crippen molar-refractivity contribution in [3.05, 3.63) is 28.8 Å². The van der Waals surface area contributed by atoms with Crippen molar-refractivity contribution in [2.45, 2.75) is 31.3 Å². The van der Waals surface area contributed by atoms with Crippen molar-refractivity contribution in [3.8, 4) is 5.75 Å². The summed E-state index contributed by atoms with van der Waals surface area (Å²) < 4.78 is 5.53. The molecule has 1 saturated carbocycles. The lowest BCUT2D eigenvalue weighted by atomic mass is 9.79. The second kappa shape index (κ2) is 6.45. The molecule has 0 aromatic heterocycles. The van der Waals surface area contributed by atoms with Gasteiger partial charge in [-0.1, -0.05) is 11.6 Å². The molecular weight excluding hydrogens is 296 g/mol. The highest BCUT2D eigenvalue weighted by Crippen LogP contribution is 2.34. The molecule has 6 heteroatoms. The van der Waals surface area contributed by atoms with E-state index in [-0.39, 0.29) is 12.5 Å². The van der Waals surface area contributed by atoms with Crippen LogP contribution in [0, 0.1) is 5.92 Å². The second-order valence-electron chi connectivity index (χ2n) is 5.43. The highest BCUT2D eigenvalue weighted by Gasteiger charge is 2.36. The number of rotatable bonds is 5. The number of aliphatic carboxylic acids is 1. The maximum absolute atomic E-state index is 10.9. The summed E-state index contributed by atoms with van der Waals surface area (Å²) in [5.41, 5.74) is -0.577. The standard InChI is InChI=1S/C15H17ClO5/c16-12-7-10(8-17)1-2-13(12)21-9-15(20)5-3-11(4-6-15)14(18)19/h1-2,7-8,11,20H,3-6,9H2,(H,18,19). The lowest BCUT2D eigenvalue weighted by Crippen LogP contribution is -2.41. The molecule has 0 bridgehead atoms.